The normalized spacial score (nSPS) is 13.6. The zero-order valence-electron chi connectivity index (χ0n) is 24.2. The molecule has 0 unspecified atom stereocenters. The number of nitrogens with zero attached hydrogens (tertiary/aromatic N) is 2. The third kappa shape index (κ3) is 2.33. The number of thiophene rings is 1. The van der Waals surface area contributed by atoms with Gasteiger partial charge in [-0.15, -0.1) is 11.3 Å². The SMILES string of the molecule is c1ccc2c(c1)oc1c3c4c(cc12)-n1c2sc5ccccc5c2c2cccc(c21)B4n1c2oc4ccccc4c2c2cccc-3c21. The van der Waals surface area contributed by atoms with E-state index in [1.165, 1.54) is 75.2 Å². The zero-order chi connectivity index (χ0) is 29.4. The van der Waals surface area contributed by atoms with Crippen molar-refractivity contribution in [3.05, 3.63) is 115 Å². The van der Waals surface area contributed by atoms with Gasteiger partial charge in [-0.2, -0.15) is 0 Å². The molecule has 0 atom stereocenters. The molecule has 13 rings (SSSR count). The highest BCUT2D eigenvalue weighted by molar-refractivity contribution is 7.25. The molecule has 4 nitrogen and oxygen atoms in total. The topological polar surface area (TPSA) is 36.1 Å². The Morgan fingerprint density at radius 3 is 2.20 bits per heavy atom. The van der Waals surface area contributed by atoms with Crippen molar-refractivity contribution in [3.63, 3.8) is 0 Å². The fourth-order valence-electron chi connectivity index (χ4n) is 9.04. The van der Waals surface area contributed by atoms with Gasteiger partial charge in [0.05, 0.1) is 10.9 Å². The Balaban J connectivity index is 1.34. The maximum absolute atomic E-state index is 6.83. The number of para-hydroxylation sites is 4. The summed E-state index contributed by atoms with van der Waals surface area (Å²) in [5.74, 6) is 0. The van der Waals surface area contributed by atoms with E-state index in [9.17, 15) is 0 Å². The number of fused-ring (bicyclic) bond motifs is 18. The van der Waals surface area contributed by atoms with Gasteiger partial charge in [0.2, 0.25) is 0 Å². The van der Waals surface area contributed by atoms with Crippen LogP contribution in [0, 0.1) is 0 Å². The lowest BCUT2D eigenvalue weighted by Gasteiger charge is -2.33. The van der Waals surface area contributed by atoms with Crippen LogP contribution in [0.2, 0.25) is 0 Å². The maximum Gasteiger partial charge on any atom is 0.336 e. The third-order valence-corrected chi connectivity index (χ3v) is 11.9. The predicted molar refractivity (Wildman–Crippen MR) is 192 cm³/mol. The average Bonchev–Trinajstić information content (AvgIpc) is 3.89. The number of benzene rings is 6. The monoisotopic (exact) mass is 602 g/mol. The lowest BCUT2D eigenvalue weighted by molar-refractivity contribution is 0.650. The van der Waals surface area contributed by atoms with E-state index in [4.69, 9.17) is 8.83 Å². The van der Waals surface area contributed by atoms with E-state index in [2.05, 4.69) is 124 Å². The fourth-order valence-corrected chi connectivity index (χ4v) is 10.3. The van der Waals surface area contributed by atoms with Crippen molar-refractivity contribution in [1.82, 2.24) is 9.05 Å². The van der Waals surface area contributed by atoms with Gasteiger partial charge in [0, 0.05) is 64.7 Å². The van der Waals surface area contributed by atoms with Crippen LogP contribution >= 0.6 is 11.3 Å². The van der Waals surface area contributed by atoms with E-state index in [-0.39, 0.29) is 6.85 Å². The second-order valence-corrected chi connectivity index (χ2v) is 13.8. The summed E-state index contributed by atoms with van der Waals surface area (Å²) < 4.78 is 20.0. The Morgan fingerprint density at radius 1 is 0.587 bits per heavy atom. The van der Waals surface area contributed by atoms with Gasteiger partial charge in [0.25, 0.3) is 0 Å². The standard InChI is InChI=1S/C40H19BN2O2S/c1-4-16-29-20(9-1)26-19-28-35-34(38(26)44-29)25-13-7-12-23-32-21-10-2-5-17-30(21)45-39(32)43(36(23)25)41(35)27-15-8-14-24-33-22-11-3-6-18-31(22)46-40(33)42(28)37(24)27/h1-19H. The van der Waals surface area contributed by atoms with Gasteiger partial charge in [-0.3, -0.25) is 0 Å². The van der Waals surface area contributed by atoms with Crippen LogP contribution < -0.4 is 10.9 Å². The first-order chi connectivity index (χ1) is 22.8. The molecule has 0 amide bonds. The van der Waals surface area contributed by atoms with Crippen molar-refractivity contribution >= 4 is 115 Å². The predicted octanol–water partition coefficient (Wildman–Crippen LogP) is 9.70. The molecule has 0 bridgehead atoms. The van der Waals surface area contributed by atoms with Crippen molar-refractivity contribution in [2.24, 2.45) is 0 Å². The van der Waals surface area contributed by atoms with Crippen molar-refractivity contribution in [2.45, 2.75) is 0 Å². The highest BCUT2D eigenvalue weighted by Gasteiger charge is 2.44. The van der Waals surface area contributed by atoms with Gasteiger partial charge in [-0.25, -0.2) is 0 Å². The molecule has 6 aromatic carbocycles. The quantitative estimate of drug-likeness (QED) is 0.162. The molecule has 0 radical (unpaired) electrons. The molecule has 0 N–H and O–H groups in total. The van der Waals surface area contributed by atoms with Crippen LogP contribution in [0.5, 0.6) is 0 Å². The molecule has 0 fully saturated rings. The van der Waals surface area contributed by atoms with Crippen LogP contribution in [0.25, 0.3) is 103 Å². The number of furan rings is 2. The van der Waals surface area contributed by atoms with E-state index < -0.39 is 0 Å². The highest BCUT2D eigenvalue weighted by Crippen LogP contribution is 2.50. The number of hydrogen-bond donors (Lipinski definition) is 0. The molecule has 11 aromatic rings. The number of hydrogen-bond acceptors (Lipinski definition) is 3. The Labute approximate surface area is 264 Å². The summed E-state index contributed by atoms with van der Waals surface area (Å²) >= 11 is 1.89. The van der Waals surface area contributed by atoms with Crippen LogP contribution in [0.15, 0.2) is 124 Å². The van der Waals surface area contributed by atoms with Gasteiger partial charge < -0.3 is 17.9 Å². The van der Waals surface area contributed by atoms with E-state index in [0.29, 0.717) is 0 Å². The van der Waals surface area contributed by atoms with Crippen LogP contribution in [-0.2, 0) is 0 Å². The lowest BCUT2D eigenvalue weighted by atomic mass is 9.45. The Bertz CT molecular complexity index is 3220. The summed E-state index contributed by atoms with van der Waals surface area (Å²) in [6, 6.07) is 41.8. The van der Waals surface area contributed by atoms with Gasteiger partial charge in [-0.05, 0) is 35.2 Å². The number of rotatable bonds is 0. The van der Waals surface area contributed by atoms with Crippen LogP contribution in [0.3, 0.4) is 0 Å². The molecular formula is C40H19BN2O2S. The highest BCUT2D eigenvalue weighted by atomic mass is 32.1. The Hall–Kier alpha value is -5.72. The van der Waals surface area contributed by atoms with Crippen LogP contribution in [0.4, 0.5) is 0 Å². The second kappa shape index (κ2) is 7.39. The van der Waals surface area contributed by atoms with Gasteiger partial charge in [-0.1, -0.05) is 91.0 Å². The molecular weight excluding hydrogens is 583 g/mol. The third-order valence-electron chi connectivity index (χ3n) is 10.7. The molecule has 46 heavy (non-hydrogen) atoms. The zero-order valence-corrected chi connectivity index (χ0v) is 25.0. The minimum absolute atomic E-state index is 0.0791. The minimum atomic E-state index is -0.0791. The fraction of sp³-hybridized carbons (Fsp3) is 0. The summed E-state index contributed by atoms with van der Waals surface area (Å²) in [6.45, 7) is -0.0791. The summed E-state index contributed by atoms with van der Waals surface area (Å²) in [5.41, 5.74) is 12.4. The van der Waals surface area contributed by atoms with E-state index in [1.807, 2.05) is 11.3 Å². The molecule has 0 saturated heterocycles. The van der Waals surface area contributed by atoms with Gasteiger partial charge >= 0.3 is 6.85 Å². The molecule has 2 aliphatic heterocycles. The van der Waals surface area contributed by atoms with Crippen molar-refractivity contribution in [1.29, 1.82) is 0 Å². The second-order valence-electron chi connectivity index (χ2n) is 12.8. The molecule has 0 spiro atoms. The Morgan fingerprint density at radius 2 is 1.30 bits per heavy atom. The lowest BCUT2D eigenvalue weighted by Crippen LogP contribution is -2.55. The van der Waals surface area contributed by atoms with E-state index >= 15 is 0 Å². The summed E-state index contributed by atoms with van der Waals surface area (Å²) in [6.07, 6.45) is 0. The smallest absolute Gasteiger partial charge is 0.336 e. The molecule has 2 aliphatic rings. The Kier molecular flexibility index (Phi) is 3.65. The number of aromatic nitrogens is 2. The van der Waals surface area contributed by atoms with Crippen LogP contribution in [0.1, 0.15) is 0 Å². The molecule has 5 aromatic heterocycles. The molecule has 6 heteroatoms. The van der Waals surface area contributed by atoms with E-state index in [1.54, 1.807) is 0 Å². The first-order valence-electron chi connectivity index (χ1n) is 15.7. The van der Waals surface area contributed by atoms with Gasteiger partial charge in [0.15, 0.2) is 5.71 Å². The largest absolute Gasteiger partial charge is 0.455 e. The van der Waals surface area contributed by atoms with Crippen molar-refractivity contribution < 1.29 is 8.83 Å². The minimum Gasteiger partial charge on any atom is -0.455 e. The molecule has 0 saturated carbocycles. The van der Waals surface area contributed by atoms with E-state index in [0.717, 1.165) is 38.6 Å². The van der Waals surface area contributed by atoms with Crippen molar-refractivity contribution in [2.75, 3.05) is 0 Å². The van der Waals surface area contributed by atoms with Gasteiger partial charge in [0.1, 0.15) is 21.6 Å². The summed E-state index contributed by atoms with van der Waals surface area (Å²) in [5, 5.41) is 9.83. The molecule has 7 heterocycles. The molecule has 210 valence electrons. The first-order valence-corrected chi connectivity index (χ1v) is 16.5. The summed E-state index contributed by atoms with van der Waals surface area (Å²) in [7, 11) is 0. The molecule has 0 aliphatic carbocycles. The van der Waals surface area contributed by atoms with Crippen LogP contribution in [-0.4, -0.2) is 15.9 Å². The van der Waals surface area contributed by atoms with Crippen molar-refractivity contribution in [3.8, 4) is 16.8 Å². The summed E-state index contributed by atoms with van der Waals surface area (Å²) in [4.78, 5) is 1.29. The average molecular weight is 602 g/mol. The maximum atomic E-state index is 6.83. The first kappa shape index (κ1) is 22.7.